The molecule has 0 atom stereocenters. The molecule has 3 aromatic rings. The molecule has 0 bridgehead atoms. The fourth-order valence-corrected chi connectivity index (χ4v) is 2.19. The summed E-state index contributed by atoms with van der Waals surface area (Å²) in [4.78, 5) is 4.42. The van der Waals surface area contributed by atoms with Crippen LogP contribution in [-0.4, -0.2) is 25.0 Å². The van der Waals surface area contributed by atoms with Gasteiger partial charge in [0.05, 0.1) is 29.3 Å². The smallest absolute Gasteiger partial charge is 0.106 e. The molecule has 20 heavy (non-hydrogen) atoms. The van der Waals surface area contributed by atoms with Crippen molar-refractivity contribution in [2.24, 2.45) is 5.41 Å². The highest BCUT2D eigenvalue weighted by molar-refractivity contribution is 5.83. The molecule has 0 spiro atoms. The molecule has 0 radical (unpaired) electrons. The van der Waals surface area contributed by atoms with E-state index in [4.69, 9.17) is 5.73 Å². The zero-order chi connectivity index (χ0) is 14.3. The number of rotatable bonds is 2. The Balaban J connectivity index is 2.10. The standard InChI is InChI=1S/C14H18N6/c1-14(2,3)8-20-12-4-11(13-10(15)7-17-19-13)16-5-9(12)6-18-20/h4-7H,8,15H2,1-3H3,(H,17,19). The van der Waals surface area contributed by atoms with Gasteiger partial charge in [-0.05, 0) is 11.5 Å². The minimum absolute atomic E-state index is 0.162. The number of aromatic nitrogens is 5. The van der Waals surface area contributed by atoms with E-state index in [9.17, 15) is 0 Å². The average Bonchev–Trinajstić information content (AvgIpc) is 2.94. The maximum absolute atomic E-state index is 5.88. The monoisotopic (exact) mass is 270 g/mol. The van der Waals surface area contributed by atoms with E-state index in [0.29, 0.717) is 5.69 Å². The lowest BCUT2D eigenvalue weighted by Gasteiger charge is -2.18. The Bertz CT molecular complexity index is 746. The van der Waals surface area contributed by atoms with Gasteiger partial charge in [-0.25, -0.2) is 0 Å². The Morgan fingerprint density at radius 3 is 2.70 bits per heavy atom. The van der Waals surface area contributed by atoms with Crippen LogP contribution in [0.5, 0.6) is 0 Å². The molecule has 6 nitrogen and oxygen atoms in total. The molecule has 3 heterocycles. The van der Waals surface area contributed by atoms with Crippen LogP contribution in [0, 0.1) is 5.41 Å². The van der Waals surface area contributed by atoms with Gasteiger partial charge in [0.2, 0.25) is 0 Å². The predicted octanol–water partition coefficient (Wildman–Crippen LogP) is 2.45. The lowest BCUT2D eigenvalue weighted by Crippen LogP contribution is -2.16. The van der Waals surface area contributed by atoms with Crippen LogP contribution >= 0.6 is 0 Å². The molecule has 0 aliphatic rings. The van der Waals surface area contributed by atoms with E-state index in [1.165, 1.54) is 0 Å². The lowest BCUT2D eigenvalue weighted by atomic mass is 9.97. The number of nitrogens with zero attached hydrogens (tertiary/aromatic N) is 4. The summed E-state index contributed by atoms with van der Waals surface area (Å²) in [6.07, 6.45) is 5.25. The number of anilines is 1. The van der Waals surface area contributed by atoms with Crippen LogP contribution in [0.4, 0.5) is 5.69 Å². The van der Waals surface area contributed by atoms with Crippen LogP contribution in [0.1, 0.15) is 20.8 Å². The molecule has 104 valence electrons. The molecule has 3 aromatic heterocycles. The van der Waals surface area contributed by atoms with Crippen molar-refractivity contribution in [1.82, 2.24) is 25.0 Å². The number of hydrogen-bond donors (Lipinski definition) is 2. The fourth-order valence-electron chi connectivity index (χ4n) is 2.19. The van der Waals surface area contributed by atoms with Crippen LogP contribution in [0.3, 0.4) is 0 Å². The molecule has 0 fully saturated rings. The number of pyridine rings is 1. The van der Waals surface area contributed by atoms with Gasteiger partial charge in [-0.3, -0.25) is 14.8 Å². The van der Waals surface area contributed by atoms with Crippen molar-refractivity contribution in [3.63, 3.8) is 0 Å². The maximum atomic E-state index is 5.88. The van der Waals surface area contributed by atoms with Crippen molar-refractivity contribution in [3.05, 3.63) is 24.7 Å². The van der Waals surface area contributed by atoms with Crippen molar-refractivity contribution < 1.29 is 0 Å². The number of aromatic amines is 1. The van der Waals surface area contributed by atoms with Gasteiger partial charge in [0.1, 0.15) is 5.69 Å². The van der Waals surface area contributed by atoms with Crippen molar-refractivity contribution in [1.29, 1.82) is 0 Å². The van der Waals surface area contributed by atoms with Gasteiger partial charge >= 0.3 is 0 Å². The van der Waals surface area contributed by atoms with E-state index in [1.807, 2.05) is 23.1 Å². The number of H-pyrrole nitrogens is 1. The quantitative estimate of drug-likeness (QED) is 0.749. The molecule has 0 saturated carbocycles. The summed E-state index contributed by atoms with van der Waals surface area (Å²) in [5.41, 5.74) is 9.21. The Morgan fingerprint density at radius 2 is 2.05 bits per heavy atom. The number of nitrogens with one attached hydrogen (secondary N) is 1. The van der Waals surface area contributed by atoms with Crippen LogP contribution in [0.25, 0.3) is 22.3 Å². The predicted molar refractivity (Wildman–Crippen MR) is 79.0 cm³/mol. The molecule has 0 saturated heterocycles. The minimum atomic E-state index is 0.162. The molecular weight excluding hydrogens is 252 g/mol. The molecule has 0 aliphatic carbocycles. The fraction of sp³-hybridized carbons (Fsp3) is 0.357. The van der Waals surface area contributed by atoms with E-state index in [0.717, 1.165) is 28.8 Å². The summed E-state index contributed by atoms with van der Waals surface area (Å²) in [6, 6.07) is 2.00. The number of nitrogen functional groups attached to an aromatic ring is 1. The molecule has 0 unspecified atom stereocenters. The molecule has 3 rings (SSSR count). The number of nitrogens with two attached hydrogens (primary N) is 1. The zero-order valence-corrected chi connectivity index (χ0v) is 11.9. The van der Waals surface area contributed by atoms with E-state index >= 15 is 0 Å². The van der Waals surface area contributed by atoms with E-state index in [-0.39, 0.29) is 5.41 Å². The van der Waals surface area contributed by atoms with Crippen molar-refractivity contribution in [2.75, 3.05) is 5.73 Å². The second-order valence-corrected chi connectivity index (χ2v) is 6.19. The third kappa shape index (κ3) is 2.24. The highest BCUT2D eigenvalue weighted by Gasteiger charge is 2.15. The zero-order valence-electron chi connectivity index (χ0n) is 11.9. The topological polar surface area (TPSA) is 85.4 Å². The molecule has 0 aliphatic heterocycles. The van der Waals surface area contributed by atoms with Gasteiger partial charge in [-0.2, -0.15) is 10.2 Å². The van der Waals surface area contributed by atoms with Gasteiger partial charge in [0.25, 0.3) is 0 Å². The summed E-state index contributed by atoms with van der Waals surface area (Å²) in [5.74, 6) is 0. The Morgan fingerprint density at radius 1 is 1.25 bits per heavy atom. The largest absolute Gasteiger partial charge is 0.396 e. The van der Waals surface area contributed by atoms with Gasteiger partial charge in [0.15, 0.2) is 0 Å². The molecular formula is C14H18N6. The van der Waals surface area contributed by atoms with Gasteiger partial charge < -0.3 is 5.73 Å². The Kier molecular flexibility index (Phi) is 2.74. The molecule has 3 N–H and O–H groups in total. The van der Waals surface area contributed by atoms with E-state index in [2.05, 4.69) is 41.1 Å². The first kappa shape index (κ1) is 12.7. The summed E-state index contributed by atoms with van der Waals surface area (Å²) in [5, 5.41) is 12.3. The van der Waals surface area contributed by atoms with Crippen molar-refractivity contribution >= 4 is 16.6 Å². The minimum Gasteiger partial charge on any atom is -0.396 e. The van der Waals surface area contributed by atoms with Crippen molar-refractivity contribution in [2.45, 2.75) is 27.3 Å². The second kappa shape index (κ2) is 4.33. The van der Waals surface area contributed by atoms with Gasteiger partial charge in [-0.15, -0.1) is 0 Å². The lowest BCUT2D eigenvalue weighted by molar-refractivity contribution is 0.331. The van der Waals surface area contributed by atoms with Crippen molar-refractivity contribution in [3.8, 4) is 11.4 Å². The third-order valence-corrected chi connectivity index (χ3v) is 3.08. The highest BCUT2D eigenvalue weighted by atomic mass is 15.3. The molecule has 6 heteroatoms. The summed E-state index contributed by atoms with van der Waals surface area (Å²) in [6.45, 7) is 7.42. The van der Waals surface area contributed by atoms with E-state index < -0.39 is 0 Å². The Hall–Kier alpha value is -2.37. The van der Waals surface area contributed by atoms with Crippen LogP contribution in [0.2, 0.25) is 0 Å². The Labute approximate surface area is 117 Å². The van der Waals surface area contributed by atoms with Gasteiger partial charge in [-0.1, -0.05) is 20.8 Å². The molecule has 0 amide bonds. The third-order valence-electron chi connectivity index (χ3n) is 3.08. The number of fused-ring (bicyclic) bond motifs is 1. The van der Waals surface area contributed by atoms with Crippen LogP contribution in [-0.2, 0) is 6.54 Å². The highest BCUT2D eigenvalue weighted by Crippen LogP contribution is 2.26. The summed E-state index contributed by atoms with van der Waals surface area (Å²) >= 11 is 0. The maximum Gasteiger partial charge on any atom is 0.106 e. The first-order chi connectivity index (χ1) is 9.44. The first-order valence-electron chi connectivity index (χ1n) is 6.55. The second-order valence-electron chi connectivity index (χ2n) is 6.19. The average molecular weight is 270 g/mol. The SMILES string of the molecule is CC(C)(C)Cn1ncc2cnc(-c3[nH]ncc3N)cc21. The number of hydrogen-bond acceptors (Lipinski definition) is 4. The first-order valence-corrected chi connectivity index (χ1v) is 6.55. The van der Waals surface area contributed by atoms with E-state index in [1.54, 1.807) is 6.20 Å². The van der Waals surface area contributed by atoms with Crippen LogP contribution < -0.4 is 5.73 Å². The summed E-state index contributed by atoms with van der Waals surface area (Å²) in [7, 11) is 0. The normalized spacial score (nSPS) is 12.2. The van der Waals surface area contributed by atoms with Crippen LogP contribution in [0.15, 0.2) is 24.7 Å². The molecule has 0 aromatic carbocycles. The summed E-state index contributed by atoms with van der Waals surface area (Å²) < 4.78 is 2.01. The van der Waals surface area contributed by atoms with Gasteiger partial charge in [0, 0.05) is 18.1 Å².